The molecule has 20 heavy (non-hydrogen) atoms. The summed E-state index contributed by atoms with van der Waals surface area (Å²) < 4.78 is 5.00. The van der Waals surface area contributed by atoms with E-state index in [4.69, 9.17) is 10.5 Å². The maximum Gasteiger partial charge on any atom is 0.340 e. The summed E-state index contributed by atoms with van der Waals surface area (Å²) in [5, 5.41) is 5.89. The summed E-state index contributed by atoms with van der Waals surface area (Å²) in [6, 6.07) is 4.61. The minimum atomic E-state index is -0.446. The zero-order chi connectivity index (χ0) is 14.5. The Morgan fingerprint density at radius 2 is 2.35 bits per heavy atom. The van der Waals surface area contributed by atoms with Crippen LogP contribution in [-0.2, 0) is 9.53 Å². The number of rotatable bonds is 4. The number of amides is 1. The Bertz CT molecular complexity index is 516. The van der Waals surface area contributed by atoms with E-state index in [2.05, 4.69) is 10.6 Å². The van der Waals surface area contributed by atoms with Gasteiger partial charge in [-0.15, -0.1) is 0 Å². The Labute approximate surface area is 117 Å². The molecule has 6 heteroatoms. The number of nitrogens with one attached hydrogen (secondary N) is 2. The summed E-state index contributed by atoms with van der Waals surface area (Å²) in [4.78, 5) is 23.7. The number of nitrogens with two attached hydrogens (primary N) is 1. The van der Waals surface area contributed by atoms with Crippen LogP contribution >= 0.6 is 0 Å². The molecule has 0 spiro atoms. The van der Waals surface area contributed by atoms with Gasteiger partial charge in [-0.3, -0.25) is 4.79 Å². The minimum Gasteiger partial charge on any atom is -0.462 e. The van der Waals surface area contributed by atoms with Crippen molar-refractivity contribution >= 4 is 23.3 Å². The monoisotopic (exact) mass is 277 g/mol. The van der Waals surface area contributed by atoms with Crippen molar-refractivity contribution in [1.82, 2.24) is 5.32 Å². The van der Waals surface area contributed by atoms with Gasteiger partial charge in [0.15, 0.2) is 0 Å². The zero-order valence-electron chi connectivity index (χ0n) is 11.4. The summed E-state index contributed by atoms with van der Waals surface area (Å²) >= 11 is 0. The second kappa shape index (κ2) is 6.27. The summed E-state index contributed by atoms with van der Waals surface area (Å²) in [5.74, 6) is -0.499. The largest absolute Gasteiger partial charge is 0.462 e. The molecular formula is C14H19N3O3. The highest BCUT2D eigenvalue weighted by molar-refractivity contribution is 5.98. The first-order valence-corrected chi connectivity index (χ1v) is 6.72. The van der Waals surface area contributed by atoms with E-state index < -0.39 is 5.97 Å². The molecule has 1 unspecified atom stereocenters. The fraction of sp³-hybridized carbons (Fsp3) is 0.429. The first kappa shape index (κ1) is 14.2. The Morgan fingerprint density at radius 1 is 1.55 bits per heavy atom. The van der Waals surface area contributed by atoms with Crippen molar-refractivity contribution < 1.29 is 14.3 Å². The molecule has 1 aromatic rings. The van der Waals surface area contributed by atoms with Crippen molar-refractivity contribution in [2.45, 2.75) is 25.8 Å². The van der Waals surface area contributed by atoms with Crippen molar-refractivity contribution in [3.05, 3.63) is 23.8 Å². The third-order valence-electron chi connectivity index (χ3n) is 3.15. The van der Waals surface area contributed by atoms with Crippen LogP contribution in [0.1, 0.15) is 30.1 Å². The van der Waals surface area contributed by atoms with Crippen LogP contribution in [0.25, 0.3) is 0 Å². The fourth-order valence-electron chi connectivity index (χ4n) is 2.16. The Balaban J connectivity index is 2.21. The number of anilines is 2. The van der Waals surface area contributed by atoms with Gasteiger partial charge in [0.05, 0.1) is 12.2 Å². The molecule has 1 fully saturated rings. The van der Waals surface area contributed by atoms with E-state index in [1.54, 1.807) is 25.1 Å². The predicted molar refractivity (Wildman–Crippen MR) is 76.5 cm³/mol. The predicted octanol–water partition coefficient (Wildman–Crippen LogP) is 1.14. The van der Waals surface area contributed by atoms with Gasteiger partial charge in [0, 0.05) is 17.9 Å². The van der Waals surface area contributed by atoms with Crippen molar-refractivity contribution in [1.29, 1.82) is 0 Å². The Morgan fingerprint density at radius 3 is 3.05 bits per heavy atom. The van der Waals surface area contributed by atoms with Gasteiger partial charge >= 0.3 is 5.97 Å². The summed E-state index contributed by atoms with van der Waals surface area (Å²) in [7, 11) is 0. The molecular weight excluding hydrogens is 258 g/mol. The maximum absolute atomic E-state index is 11.9. The third-order valence-corrected chi connectivity index (χ3v) is 3.15. The molecule has 2 rings (SSSR count). The van der Waals surface area contributed by atoms with Crippen LogP contribution in [-0.4, -0.2) is 31.1 Å². The highest BCUT2D eigenvalue weighted by Gasteiger charge is 2.23. The highest BCUT2D eigenvalue weighted by Crippen LogP contribution is 2.22. The summed E-state index contributed by atoms with van der Waals surface area (Å²) in [6.45, 7) is 2.73. The number of carbonyl (C=O) groups is 2. The zero-order valence-corrected chi connectivity index (χ0v) is 11.4. The molecule has 108 valence electrons. The normalized spacial score (nSPS) is 18.2. The average molecular weight is 277 g/mol. The fourth-order valence-corrected chi connectivity index (χ4v) is 2.16. The van der Waals surface area contributed by atoms with Crippen LogP contribution in [0.5, 0.6) is 0 Å². The lowest BCUT2D eigenvalue weighted by Crippen LogP contribution is -2.44. The van der Waals surface area contributed by atoms with Crippen molar-refractivity contribution in [3.8, 4) is 0 Å². The van der Waals surface area contributed by atoms with Gasteiger partial charge in [0.2, 0.25) is 5.91 Å². The first-order valence-electron chi connectivity index (χ1n) is 6.72. The molecule has 1 aromatic carbocycles. The number of ether oxygens (including phenoxy) is 1. The molecule has 1 aliphatic rings. The highest BCUT2D eigenvalue weighted by atomic mass is 16.5. The lowest BCUT2D eigenvalue weighted by molar-refractivity contribution is -0.123. The molecule has 0 radical (unpaired) electrons. The van der Waals surface area contributed by atoms with E-state index >= 15 is 0 Å². The number of carbonyl (C=O) groups excluding carboxylic acids is 2. The van der Waals surface area contributed by atoms with Crippen LogP contribution < -0.4 is 16.4 Å². The smallest absolute Gasteiger partial charge is 0.340 e. The minimum absolute atomic E-state index is 0.0529. The first-order chi connectivity index (χ1) is 9.61. The molecule has 6 nitrogen and oxygen atoms in total. The van der Waals surface area contributed by atoms with Gasteiger partial charge < -0.3 is 21.1 Å². The molecule has 1 heterocycles. The van der Waals surface area contributed by atoms with Gasteiger partial charge in [-0.2, -0.15) is 0 Å². The Hall–Kier alpha value is -2.24. The molecule has 1 atom stereocenters. The van der Waals surface area contributed by atoms with Gasteiger partial charge in [-0.05, 0) is 38.0 Å². The van der Waals surface area contributed by atoms with Crippen LogP contribution in [0.2, 0.25) is 0 Å². The van der Waals surface area contributed by atoms with E-state index in [0.29, 0.717) is 23.5 Å². The maximum atomic E-state index is 11.9. The van der Waals surface area contributed by atoms with Gasteiger partial charge in [-0.1, -0.05) is 0 Å². The molecule has 1 saturated heterocycles. The number of esters is 1. The second-order valence-corrected chi connectivity index (χ2v) is 4.66. The summed E-state index contributed by atoms with van der Waals surface area (Å²) in [5.41, 5.74) is 7.11. The van der Waals surface area contributed by atoms with Crippen LogP contribution in [0, 0.1) is 0 Å². The number of hydrogen-bond acceptors (Lipinski definition) is 5. The van der Waals surface area contributed by atoms with Crippen molar-refractivity contribution in [2.24, 2.45) is 0 Å². The van der Waals surface area contributed by atoms with E-state index in [1.165, 1.54) is 0 Å². The molecule has 4 N–H and O–H groups in total. The molecule has 1 aliphatic heterocycles. The molecule has 1 amide bonds. The lowest BCUT2D eigenvalue weighted by Gasteiger charge is -2.24. The van der Waals surface area contributed by atoms with Gasteiger partial charge in [-0.25, -0.2) is 4.79 Å². The third kappa shape index (κ3) is 3.20. The van der Waals surface area contributed by atoms with E-state index in [9.17, 15) is 9.59 Å². The number of nitrogen functional groups attached to an aromatic ring is 1. The van der Waals surface area contributed by atoms with E-state index in [0.717, 1.165) is 12.8 Å². The average Bonchev–Trinajstić information content (AvgIpc) is 2.43. The van der Waals surface area contributed by atoms with Crippen LogP contribution in [0.3, 0.4) is 0 Å². The molecule has 0 aromatic heterocycles. The second-order valence-electron chi connectivity index (χ2n) is 4.66. The van der Waals surface area contributed by atoms with Crippen LogP contribution in [0.4, 0.5) is 11.4 Å². The molecule has 0 aliphatic carbocycles. The topological polar surface area (TPSA) is 93.4 Å². The summed E-state index contributed by atoms with van der Waals surface area (Å²) in [6.07, 6.45) is 1.64. The van der Waals surface area contributed by atoms with Crippen molar-refractivity contribution in [2.75, 3.05) is 24.2 Å². The lowest BCUT2D eigenvalue weighted by atomic mass is 10.0. The van der Waals surface area contributed by atoms with E-state index in [-0.39, 0.29) is 18.6 Å². The van der Waals surface area contributed by atoms with Gasteiger partial charge in [0.1, 0.15) is 6.04 Å². The number of hydrogen-bond donors (Lipinski definition) is 3. The Kier molecular flexibility index (Phi) is 4.45. The molecule has 0 bridgehead atoms. The van der Waals surface area contributed by atoms with Crippen LogP contribution in [0.15, 0.2) is 18.2 Å². The number of benzene rings is 1. The quantitative estimate of drug-likeness (QED) is 0.567. The standard InChI is InChI=1S/C14H19N3O3/c1-2-20-14(19)10-8-9(15)5-6-11(10)17-12-4-3-7-16-13(12)18/h5-6,8,12,17H,2-4,7,15H2,1H3,(H,16,18). The number of piperidine rings is 1. The van der Waals surface area contributed by atoms with Crippen molar-refractivity contribution in [3.63, 3.8) is 0 Å². The van der Waals surface area contributed by atoms with E-state index in [1.807, 2.05) is 0 Å². The SMILES string of the molecule is CCOC(=O)c1cc(N)ccc1NC1CCCNC1=O. The molecule has 0 saturated carbocycles. The van der Waals surface area contributed by atoms with Gasteiger partial charge in [0.25, 0.3) is 0 Å².